The fourth-order valence-corrected chi connectivity index (χ4v) is 3.99. The minimum absolute atomic E-state index is 0.0624. The van der Waals surface area contributed by atoms with Crippen LogP contribution in [-0.4, -0.2) is 32.7 Å². The number of carbonyl (C=O) groups excluding carboxylic acids is 3. The zero-order chi connectivity index (χ0) is 21.3. The molecule has 0 unspecified atom stereocenters. The van der Waals surface area contributed by atoms with Crippen LogP contribution in [0, 0.1) is 5.92 Å². The van der Waals surface area contributed by atoms with E-state index < -0.39 is 39.6 Å². The van der Waals surface area contributed by atoms with E-state index in [1.807, 2.05) is 0 Å². The number of halogens is 1. The largest absolute Gasteiger partial charge is 0.465 e. The highest BCUT2D eigenvalue weighted by Crippen LogP contribution is 2.40. The molecule has 0 aromatic heterocycles. The monoisotopic (exact) mass is 480 g/mol. The summed E-state index contributed by atoms with van der Waals surface area (Å²) in [5.74, 6) is -3.88. The number of hydrogen-bond donors (Lipinski definition) is 1. The molecule has 2 atom stereocenters. The van der Waals surface area contributed by atoms with Crippen LogP contribution in [0.3, 0.4) is 0 Å². The number of esters is 1. The van der Waals surface area contributed by atoms with Crippen LogP contribution in [-0.2, 0) is 29.1 Å². The molecule has 1 aliphatic heterocycles. The number of nitrogens with zero attached hydrogens (tertiary/aromatic N) is 1. The van der Waals surface area contributed by atoms with Crippen molar-refractivity contribution >= 4 is 49.3 Å². The van der Waals surface area contributed by atoms with Crippen LogP contribution < -0.4 is 10.0 Å². The summed E-state index contributed by atoms with van der Waals surface area (Å²) in [6.07, 6.45) is 0. The molecule has 2 aromatic rings. The van der Waals surface area contributed by atoms with Crippen molar-refractivity contribution in [3.05, 3.63) is 58.6 Å². The van der Waals surface area contributed by atoms with Gasteiger partial charge < -0.3 is 4.74 Å². The molecular weight excluding hydrogens is 464 g/mol. The molecule has 3 rings (SSSR count). The first-order valence-electron chi connectivity index (χ1n) is 8.57. The number of amides is 1. The van der Waals surface area contributed by atoms with E-state index in [9.17, 15) is 22.8 Å². The van der Waals surface area contributed by atoms with E-state index in [-0.39, 0.29) is 17.2 Å². The molecule has 8 nitrogen and oxygen atoms in total. The zero-order valence-corrected chi connectivity index (χ0v) is 17.6. The number of hydrogen-bond acceptors (Lipinski definition) is 6. The van der Waals surface area contributed by atoms with E-state index >= 15 is 0 Å². The van der Waals surface area contributed by atoms with Gasteiger partial charge in [-0.2, -0.15) is 0 Å². The standard InChI is InChI=1S/C19H17BrN2O6S/c1-2-28-19(25)15-16(11-3-5-12(20)6-4-11)22(18(24)17(15)23)13-7-9-14(10-8-13)29(21,26)27/h3-10,15-16H,2H2,1H3,(H2,21,26,27)/t15-,16-/m1/s1. The second-order valence-electron chi connectivity index (χ2n) is 6.30. The maximum atomic E-state index is 12.8. The zero-order valence-electron chi connectivity index (χ0n) is 15.2. The summed E-state index contributed by atoms with van der Waals surface area (Å²) in [5, 5.41) is 5.11. The topological polar surface area (TPSA) is 124 Å². The Kier molecular flexibility index (Phi) is 5.87. The van der Waals surface area contributed by atoms with E-state index in [1.165, 1.54) is 29.2 Å². The van der Waals surface area contributed by atoms with Gasteiger partial charge in [0.15, 0.2) is 0 Å². The predicted molar refractivity (Wildman–Crippen MR) is 107 cm³/mol. The molecule has 2 aromatic carbocycles. The normalized spacial score (nSPS) is 19.5. The average Bonchev–Trinajstić information content (AvgIpc) is 2.93. The van der Waals surface area contributed by atoms with Gasteiger partial charge in [-0.05, 0) is 48.9 Å². The van der Waals surface area contributed by atoms with Crippen molar-refractivity contribution in [2.45, 2.75) is 17.9 Å². The quantitative estimate of drug-likeness (QED) is 0.396. The highest BCUT2D eigenvalue weighted by atomic mass is 79.9. The Morgan fingerprint density at radius 2 is 1.69 bits per heavy atom. The molecule has 10 heteroatoms. The Morgan fingerprint density at radius 1 is 1.10 bits per heavy atom. The number of ether oxygens (including phenoxy) is 1. The number of primary sulfonamides is 1. The van der Waals surface area contributed by atoms with Crippen LogP contribution >= 0.6 is 15.9 Å². The number of anilines is 1. The van der Waals surface area contributed by atoms with Gasteiger partial charge in [-0.25, -0.2) is 13.6 Å². The molecule has 0 radical (unpaired) electrons. The van der Waals surface area contributed by atoms with Gasteiger partial charge in [0.2, 0.25) is 15.8 Å². The lowest BCUT2D eigenvalue weighted by molar-refractivity contribution is -0.152. The Bertz CT molecular complexity index is 1070. The van der Waals surface area contributed by atoms with Gasteiger partial charge >= 0.3 is 5.97 Å². The van der Waals surface area contributed by atoms with Crippen molar-refractivity contribution in [2.75, 3.05) is 11.5 Å². The van der Waals surface area contributed by atoms with Crippen LogP contribution in [0.15, 0.2) is 57.9 Å². The first-order chi connectivity index (χ1) is 13.6. The lowest BCUT2D eigenvalue weighted by Gasteiger charge is -2.27. The summed E-state index contributed by atoms with van der Waals surface area (Å²) < 4.78 is 28.8. The number of ketones is 1. The first-order valence-corrected chi connectivity index (χ1v) is 10.9. The van der Waals surface area contributed by atoms with Gasteiger partial charge in [0, 0.05) is 10.2 Å². The predicted octanol–water partition coefficient (Wildman–Crippen LogP) is 1.93. The molecule has 0 aliphatic carbocycles. The molecule has 1 amide bonds. The number of benzene rings is 2. The summed E-state index contributed by atoms with van der Waals surface area (Å²) in [4.78, 5) is 39.0. The van der Waals surface area contributed by atoms with Crippen molar-refractivity contribution in [1.82, 2.24) is 0 Å². The number of rotatable bonds is 5. The van der Waals surface area contributed by atoms with E-state index in [0.29, 0.717) is 5.56 Å². The number of sulfonamides is 1. The van der Waals surface area contributed by atoms with Gasteiger partial charge in [-0.15, -0.1) is 0 Å². The van der Waals surface area contributed by atoms with Crippen molar-refractivity contribution < 1.29 is 27.5 Å². The number of carbonyl (C=O) groups is 3. The molecule has 2 N–H and O–H groups in total. The van der Waals surface area contributed by atoms with Crippen molar-refractivity contribution in [2.24, 2.45) is 11.1 Å². The van der Waals surface area contributed by atoms with Gasteiger partial charge in [-0.3, -0.25) is 19.3 Å². The van der Waals surface area contributed by atoms with Crippen molar-refractivity contribution in [3.8, 4) is 0 Å². The second kappa shape index (κ2) is 8.05. The van der Waals surface area contributed by atoms with E-state index in [0.717, 1.165) is 4.47 Å². The lowest BCUT2D eigenvalue weighted by atomic mass is 9.93. The Morgan fingerprint density at radius 3 is 2.21 bits per heavy atom. The van der Waals surface area contributed by atoms with E-state index in [2.05, 4.69) is 15.9 Å². The highest BCUT2D eigenvalue weighted by molar-refractivity contribution is 9.10. The molecule has 1 heterocycles. The van der Waals surface area contributed by atoms with Gasteiger partial charge in [0.1, 0.15) is 5.92 Å². The van der Waals surface area contributed by atoms with E-state index in [4.69, 9.17) is 9.88 Å². The van der Waals surface area contributed by atoms with Gasteiger partial charge in [-0.1, -0.05) is 28.1 Å². The molecule has 29 heavy (non-hydrogen) atoms. The summed E-state index contributed by atoms with van der Waals surface area (Å²) in [7, 11) is -3.92. The lowest BCUT2D eigenvalue weighted by Crippen LogP contribution is -2.31. The Labute approximate surface area is 175 Å². The van der Waals surface area contributed by atoms with Crippen molar-refractivity contribution in [3.63, 3.8) is 0 Å². The van der Waals surface area contributed by atoms with E-state index in [1.54, 1.807) is 31.2 Å². The van der Waals surface area contributed by atoms with Crippen LogP contribution in [0.25, 0.3) is 0 Å². The summed E-state index contributed by atoms with van der Waals surface area (Å²) in [5.41, 5.74) is 0.816. The Hall–Kier alpha value is -2.56. The third kappa shape index (κ3) is 4.09. The molecule has 152 valence electrons. The SMILES string of the molecule is CCOC(=O)[C@H]1C(=O)C(=O)N(c2ccc(S(N)(=O)=O)cc2)[C@@H]1c1ccc(Br)cc1. The van der Waals surface area contributed by atoms with Crippen LogP contribution in [0.1, 0.15) is 18.5 Å². The first kappa shape index (κ1) is 21.2. The molecule has 0 spiro atoms. The molecule has 0 bridgehead atoms. The molecular formula is C19H17BrN2O6S. The maximum Gasteiger partial charge on any atom is 0.319 e. The summed E-state index contributed by atoms with van der Waals surface area (Å²) in [6.45, 7) is 1.67. The second-order valence-corrected chi connectivity index (χ2v) is 8.78. The highest BCUT2D eigenvalue weighted by Gasteiger charge is 2.53. The average molecular weight is 481 g/mol. The smallest absolute Gasteiger partial charge is 0.319 e. The van der Waals surface area contributed by atoms with Crippen LogP contribution in [0.5, 0.6) is 0 Å². The fraction of sp³-hybridized carbons (Fsp3) is 0.211. The van der Waals surface area contributed by atoms with Crippen LogP contribution in [0.4, 0.5) is 5.69 Å². The molecule has 1 saturated heterocycles. The number of Topliss-reactive ketones (excluding diaryl/α,β-unsaturated/α-hetero) is 1. The minimum atomic E-state index is -3.92. The third-order valence-electron chi connectivity index (χ3n) is 4.50. The molecule has 1 fully saturated rings. The van der Waals surface area contributed by atoms with Crippen molar-refractivity contribution in [1.29, 1.82) is 0 Å². The van der Waals surface area contributed by atoms with Gasteiger partial charge in [0.25, 0.3) is 5.91 Å². The summed E-state index contributed by atoms with van der Waals surface area (Å²) in [6, 6.07) is 11.1. The maximum absolute atomic E-state index is 12.8. The van der Waals surface area contributed by atoms with Crippen LogP contribution in [0.2, 0.25) is 0 Å². The molecule has 0 saturated carbocycles. The third-order valence-corrected chi connectivity index (χ3v) is 5.96. The summed E-state index contributed by atoms with van der Waals surface area (Å²) >= 11 is 3.33. The Balaban J connectivity index is 2.12. The molecule has 1 aliphatic rings. The number of nitrogens with two attached hydrogens (primary N) is 1. The minimum Gasteiger partial charge on any atom is -0.465 e. The van der Waals surface area contributed by atoms with Gasteiger partial charge in [0.05, 0.1) is 17.5 Å². The fourth-order valence-electron chi connectivity index (χ4n) is 3.21.